The molecule has 2 fully saturated rings. The molecule has 2 aliphatic rings. The lowest BCUT2D eigenvalue weighted by atomic mass is 10.1. The van der Waals surface area contributed by atoms with Gasteiger partial charge < -0.3 is 9.47 Å². The molecule has 91 valence electrons. The maximum absolute atomic E-state index is 6.14. The fraction of sp³-hybridized carbons (Fsp3) is 0.533. The van der Waals surface area contributed by atoms with E-state index in [2.05, 4.69) is 31.2 Å². The molecule has 2 nitrogen and oxygen atoms in total. The van der Waals surface area contributed by atoms with Gasteiger partial charge in [-0.2, -0.15) is 0 Å². The zero-order chi connectivity index (χ0) is 11.7. The summed E-state index contributed by atoms with van der Waals surface area (Å²) in [5.41, 5.74) is 1.30. The summed E-state index contributed by atoms with van der Waals surface area (Å²) < 4.78 is 12.1. The van der Waals surface area contributed by atoms with Crippen molar-refractivity contribution in [3.05, 3.63) is 42.8 Å². The van der Waals surface area contributed by atoms with E-state index in [1.807, 2.05) is 6.07 Å². The van der Waals surface area contributed by atoms with Crippen molar-refractivity contribution in [3.63, 3.8) is 0 Å². The van der Waals surface area contributed by atoms with Crippen LogP contribution in [0.4, 0.5) is 0 Å². The molecule has 0 bridgehead atoms. The Kier molecular flexibility index (Phi) is 2.93. The van der Waals surface area contributed by atoms with Crippen LogP contribution in [0.5, 0.6) is 0 Å². The van der Waals surface area contributed by atoms with Crippen molar-refractivity contribution in [2.75, 3.05) is 0 Å². The van der Waals surface area contributed by atoms with Crippen LogP contribution in [0, 0.1) is 6.92 Å². The van der Waals surface area contributed by atoms with Gasteiger partial charge in [-0.1, -0.05) is 30.3 Å². The molecule has 1 aliphatic heterocycles. The van der Waals surface area contributed by atoms with Crippen molar-refractivity contribution >= 4 is 0 Å². The lowest BCUT2D eigenvalue weighted by Crippen LogP contribution is -2.27. The van der Waals surface area contributed by atoms with E-state index < -0.39 is 0 Å². The van der Waals surface area contributed by atoms with Crippen molar-refractivity contribution in [1.29, 1.82) is 0 Å². The molecule has 0 aromatic heterocycles. The van der Waals surface area contributed by atoms with E-state index in [0.717, 1.165) is 19.3 Å². The summed E-state index contributed by atoms with van der Waals surface area (Å²) >= 11 is 0. The van der Waals surface area contributed by atoms with Gasteiger partial charge in [-0.05, 0) is 25.3 Å². The molecule has 3 rings (SSSR count). The first-order chi connectivity index (χ1) is 8.27. The van der Waals surface area contributed by atoms with E-state index in [1.54, 1.807) is 0 Å². The number of hydrogen-bond acceptors (Lipinski definition) is 2. The van der Waals surface area contributed by atoms with E-state index in [4.69, 9.17) is 9.47 Å². The average molecular weight is 231 g/mol. The lowest BCUT2D eigenvalue weighted by Gasteiger charge is -2.21. The highest BCUT2D eigenvalue weighted by molar-refractivity contribution is 5.16. The Morgan fingerprint density at radius 3 is 2.53 bits per heavy atom. The van der Waals surface area contributed by atoms with Crippen LogP contribution in [0.3, 0.4) is 0 Å². The summed E-state index contributed by atoms with van der Waals surface area (Å²) in [5.74, 6) is -0.300. The summed E-state index contributed by atoms with van der Waals surface area (Å²) in [6.45, 7) is 4.09. The number of ether oxygens (including phenoxy) is 2. The molecule has 0 unspecified atom stereocenters. The average Bonchev–Trinajstić information content (AvgIpc) is 2.89. The molecule has 17 heavy (non-hydrogen) atoms. The van der Waals surface area contributed by atoms with Crippen molar-refractivity contribution < 1.29 is 9.47 Å². The second kappa shape index (κ2) is 4.43. The Hall–Kier alpha value is -0.860. The minimum atomic E-state index is -0.300. The minimum absolute atomic E-state index is 0.0340. The Labute approximate surface area is 103 Å². The Morgan fingerprint density at radius 2 is 1.82 bits per heavy atom. The summed E-state index contributed by atoms with van der Waals surface area (Å²) in [5, 5.41) is 0. The van der Waals surface area contributed by atoms with Gasteiger partial charge in [0.05, 0.1) is 12.2 Å². The monoisotopic (exact) mass is 231 g/mol. The third-order valence-electron chi connectivity index (χ3n) is 3.79. The topological polar surface area (TPSA) is 18.5 Å². The molecule has 1 spiro atoms. The van der Waals surface area contributed by atoms with Gasteiger partial charge in [0.15, 0.2) is 5.79 Å². The van der Waals surface area contributed by atoms with Crippen molar-refractivity contribution in [2.45, 2.75) is 50.1 Å². The zero-order valence-corrected chi connectivity index (χ0v) is 10.1. The van der Waals surface area contributed by atoms with Crippen LogP contribution in [0.2, 0.25) is 0 Å². The third-order valence-corrected chi connectivity index (χ3v) is 3.79. The fourth-order valence-corrected chi connectivity index (χ4v) is 2.90. The van der Waals surface area contributed by atoms with Crippen LogP contribution in [-0.2, 0) is 15.9 Å². The Bertz CT molecular complexity index is 368. The zero-order valence-electron chi connectivity index (χ0n) is 10.1. The predicted octanol–water partition coefficient (Wildman–Crippen LogP) is 3.12. The molecule has 2 atom stereocenters. The summed E-state index contributed by atoms with van der Waals surface area (Å²) in [7, 11) is 0. The van der Waals surface area contributed by atoms with Gasteiger partial charge in [0.25, 0.3) is 0 Å². The molecular weight excluding hydrogens is 212 g/mol. The first-order valence-electron chi connectivity index (χ1n) is 6.50. The maximum Gasteiger partial charge on any atom is 0.169 e. The molecule has 1 saturated carbocycles. The highest BCUT2D eigenvalue weighted by Crippen LogP contribution is 2.42. The quantitative estimate of drug-likeness (QED) is 0.778. The highest BCUT2D eigenvalue weighted by Gasteiger charge is 2.47. The van der Waals surface area contributed by atoms with E-state index in [0.29, 0.717) is 0 Å². The van der Waals surface area contributed by atoms with Gasteiger partial charge >= 0.3 is 0 Å². The smallest absolute Gasteiger partial charge is 0.169 e. The predicted molar refractivity (Wildman–Crippen MR) is 66.4 cm³/mol. The SMILES string of the molecule is [CH2][C@H]1OC2(CCCC2)O[C@@H]1Cc1ccccc1. The van der Waals surface area contributed by atoms with Crippen LogP contribution >= 0.6 is 0 Å². The normalized spacial score (nSPS) is 31.1. The van der Waals surface area contributed by atoms with Gasteiger partial charge in [0, 0.05) is 19.3 Å². The fourth-order valence-electron chi connectivity index (χ4n) is 2.90. The molecular formula is C15H19O2. The van der Waals surface area contributed by atoms with E-state index >= 15 is 0 Å². The molecule has 1 aromatic carbocycles. The maximum atomic E-state index is 6.14. The molecule has 1 aliphatic carbocycles. The highest BCUT2D eigenvalue weighted by atomic mass is 16.8. The largest absolute Gasteiger partial charge is 0.344 e. The molecule has 0 N–H and O–H groups in total. The van der Waals surface area contributed by atoms with Gasteiger partial charge in [-0.3, -0.25) is 0 Å². The number of benzene rings is 1. The van der Waals surface area contributed by atoms with Crippen molar-refractivity contribution in [1.82, 2.24) is 0 Å². The second-order valence-electron chi connectivity index (χ2n) is 5.12. The van der Waals surface area contributed by atoms with Gasteiger partial charge in [0.2, 0.25) is 0 Å². The molecule has 1 saturated heterocycles. The Morgan fingerprint density at radius 1 is 1.12 bits per heavy atom. The number of hydrogen-bond donors (Lipinski definition) is 0. The van der Waals surface area contributed by atoms with Gasteiger partial charge in [-0.25, -0.2) is 0 Å². The lowest BCUT2D eigenvalue weighted by molar-refractivity contribution is -0.166. The van der Waals surface area contributed by atoms with Crippen molar-refractivity contribution in [3.8, 4) is 0 Å². The van der Waals surface area contributed by atoms with Crippen LogP contribution in [0.25, 0.3) is 0 Å². The molecule has 2 heteroatoms. The summed E-state index contributed by atoms with van der Waals surface area (Å²) in [4.78, 5) is 0. The van der Waals surface area contributed by atoms with E-state index in [9.17, 15) is 0 Å². The minimum Gasteiger partial charge on any atom is -0.344 e. The van der Waals surface area contributed by atoms with Crippen LogP contribution in [-0.4, -0.2) is 18.0 Å². The molecule has 1 aromatic rings. The summed E-state index contributed by atoms with van der Waals surface area (Å²) in [6.07, 6.45) is 5.46. The van der Waals surface area contributed by atoms with Gasteiger partial charge in [0.1, 0.15) is 0 Å². The van der Waals surface area contributed by atoms with Crippen LogP contribution < -0.4 is 0 Å². The van der Waals surface area contributed by atoms with Crippen molar-refractivity contribution in [2.24, 2.45) is 0 Å². The third kappa shape index (κ3) is 2.24. The molecule has 1 heterocycles. The molecule has 0 amide bonds. The molecule has 1 radical (unpaired) electrons. The Balaban J connectivity index is 1.68. The van der Waals surface area contributed by atoms with Crippen LogP contribution in [0.15, 0.2) is 30.3 Å². The first kappa shape index (κ1) is 11.2. The first-order valence-corrected chi connectivity index (χ1v) is 6.50. The van der Waals surface area contributed by atoms with E-state index in [-0.39, 0.29) is 18.0 Å². The number of rotatable bonds is 2. The van der Waals surface area contributed by atoms with E-state index in [1.165, 1.54) is 18.4 Å². The second-order valence-corrected chi connectivity index (χ2v) is 5.12. The van der Waals surface area contributed by atoms with Crippen LogP contribution in [0.1, 0.15) is 31.2 Å². The standard InChI is InChI=1S/C15H19O2/c1-12-14(11-13-7-3-2-4-8-13)17-15(16-12)9-5-6-10-15/h2-4,7-8,12,14H,1,5-6,9-11H2/t12-,14-/m1/s1. The summed E-state index contributed by atoms with van der Waals surface area (Å²) in [6, 6.07) is 10.4. The van der Waals surface area contributed by atoms with Gasteiger partial charge in [-0.15, -0.1) is 0 Å².